The minimum absolute atomic E-state index is 0.190. The number of carbonyl (C=O) groups is 5. The number of para-hydroxylation sites is 2. The van der Waals surface area contributed by atoms with Gasteiger partial charge in [0.15, 0.2) is 0 Å². The zero-order valence-corrected chi connectivity index (χ0v) is 32.9. The maximum Gasteiger partial charge on any atom is 0.519 e. The maximum absolute atomic E-state index is 11.8. The third kappa shape index (κ3) is 15.2. The normalized spacial score (nSPS) is 12.6. The van der Waals surface area contributed by atoms with E-state index in [-0.39, 0.29) is 6.42 Å². The van der Waals surface area contributed by atoms with Crippen LogP contribution in [0.4, 0.5) is 14.4 Å². The van der Waals surface area contributed by atoms with Crippen molar-refractivity contribution in [2.75, 3.05) is 0 Å². The van der Waals surface area contributed by atoms with Crippen LogP contribution in [-0.2, 0) is 55.5 Å². The third-order valence-electron chi connectivity index (χ3n) is 7.07. The fraction of sp³-hybridized carbons (Fsp3) is 0.462. The van der Waals surface area contributed by atoms with Crippen LogP contribution in [0.15, 0.2) is 60.9 Å². The van der Waals surface area contributed by atoms with Crippen molar-refractivity contribution < 1.29 is 53.1 Å². The van der Waals surface area contributed by atoms with Gasteiger partial charge >= 0.3 is 30.3 Å². The number of aromatic nitrogens is 2. The molecule has 0 saturated carbocycles. The number of nitrogens with two attached hydrogens (primary N) is 1. The zero-order chi connectivity index (χ0) is 41.2. The van der Waals surface area contributed by atoms with E-state index in [0.29, 0.717) is 6.42 Å². The van der Waals surface area contributed by atoms with Crippen LogP contribution < -0.4 is 11.1 Å². The lowest BCUT2D eigenvalue weighted by atomic mass is 10.1. The second kappa shape index (κ2) is 18.5. The number of ether oxygens (including phenoxy) is 4. The van der Waals surface area contributed by atoms with Crippen molar-refractivity contribution in [2.45, 2.75) is 104 Å². The number of benzene rings is 2. The molecule has 4 rings (SSSR count). The monoisotopic (exact) mass is 754 g/mol. The molecule has 2 aromatic heterocycles. The third-order valence-corrected chi connectivity index (χ3v) is 7.07. The molecule has 0 saturated heterocycles. The SMILES string of the molecule is CC(C)(C)OC(=O)OC(=O)OC(C)(C)C.Cn1cc(C[C@@H](N)C(=O)O)c2ccccc21.Cn1cc(C[C@@H](NC(=O)OC(C)(C)C)C(=O)O)c2ccccc21. The number of carboxylic acids is 2. The summed E-state index contributed by atoms with van der Waals surface area (Å²) in [7, 11) is 3.85. The van der Waals surface area contributed by atoms with Crippen molar-refractivity contribution in [3.63, 3.8) is 0 Å². The van der Waals surface area contributed by atoms with Gasteiger partial charge in [0.05, 0.1) is 0 Å². The molecule has 0 radical (unpaired) electrons. The molecule has 4 aromatic rings. The van der Waals surface area contributed by atoms with Gasteiger partial charge in [-0.3, -0.25) is 4.79 Å². The molecule has 1 amide bonds. The minimum atomic E-state index is -1.09. The Morgan fingerprint density at radius 3 is 1.41 bits per heavy atom. The summed E-state index contributed by atoms with van der Waals surface area (Å²) in [4.78, 5) is 56.0. The molecule has 0 bridgehead atoms. The van der Waals surface area contributed by atoms with Crippen molar-refractivity contribution in [1.82, 2.24) is 14.5 Å². The number of aliphatic carboxylic acids is 2. The Balaban J connectivity index is 0.000000290. The fourth-order valence-corrected chi connectivity index (χ4v) is 4.98. The largest absolute Gasteiger partial charge is 0.519 e. The summed E-state index contributed by atoms with van der Waals surface area (Å²) in [5.74, 6) is -2.06. The average molecular weight is 755 g/mol. The second-order valence-electron chi connectivity index (χ2n) is 15.5. The molecule has 15 nitrogen and oxygen atoms in total. The number of rotatable bonds is 7. The van der Waals surface area contributed by atoms with Gasteiger partial charge in [0, 0.05) is 61.1 Å². The molecule has 0 aliphatic heterocycles. The fourth-order valence-electron chi connectivity index (χ4n) is 4.98. The molecule has 0 fully saturated rings. The lowest BCUT2D eigenvalue weighted by molar-refractivity contribution is -0.140. The molecular weight excluding hydrogens is 700 g/mol. The summed E-state index contributed by atoms with van der Waals surface area (Å²) >= 11 is 0. The van der Waals surface area contributed by atoms with Gasteiger partial charge in [-0.15, -0.1) is 0 Å². The molecule has 5 N–H and O–H groups in total. The lowest BCUT2D eigenvalue weighted by Gasteiger charge is -2.22. The van der Waals surface area contributed by atoms with E-state index in [1.807, 2.05) is 84.2 Å². The van der Waals surface area contributed by atoms with Crippen LogP contribution >= 0.6 is 0 Å². The lowest BCUT2D eigenvalue weighted by Crippen LogP contribution is -2.44. The summed E-state index contributed by atoms with van der Waals surface area (Å²) < 4.78 is 22.9. The number of alkyl carbamates (subject to hydrolysis) is 1. The Morgan fingerprint density at radius 1 is 0.648 bits per heavy atom. The highest BCUT2D eigenvalue weighted by Gasteiger charge is 2.26. The van der Waals surface area contributed by atoms with Crippen molar-refractivity contribution in [2.24, 2.45) is 19.8 Å². The van der Waals surface area contributed by atoms with Crippen LogP contribution in [0.2, 0.25) is 0 Å². The molecule has 2 heterocycles. The summed E-state index contributed by atoms with van der Waals surface area (Å²) in [5, 5.41) is 22.6. The van der Waals surface area contributed by atoms with Gasteiger partial charge in [-0.1, -0.05) is 36.4 Å². The van der Waals surface area contributed by atoms with Crippen LogP contribution in [0.3, 0.4) is 0 Å². The molecule has 0 spiro atoms. The highest BCUT2D eigenvalue weighted by atomic mass is 16.8. The van der Waals surface area contributed by atoms with E-state index in [9.17, 15) is 29.1 Å². The predicted octanol–water partition coefficient (Wildman–Crippen LogP) is 6.70. The van der Waals surface area contributed by atoms with E-state index in [1.165, 1.54) is 0 Å². The first-order valence-corrected chi connectivity index (χ1v) is 17.2. The second-order valence-corrected chi connectivity index (χ2v) is 15.5. The molecule has 15 heteroatoms. The molecule has 296 valence electrons. The first-order valence-electron chi connectivity index (χ1n) is 17.2. The number of hydrogen-bond donors (Lipinski definition) is 4. The number of nitrogens with zero attached hydrogens (tertiary/aromatic N) is 2. The van der Waals surface area contributed by atoms with Crippen LogP contribution in [0.1, 0.15) is 73.4 Å². The summed E-state index contributed by atoms with van der Waals surface area (Å²) in [6.07, 6.45) is 1.52. The van der Waals surface area contributed by atoms with Gasteiger partial charge in [-0.25, -0.2) is 19.2 Å². The molecule has 2 aromatic carbocycles. The van der Waals surface area contributed by atoms with Crippen LogP contribution in [0.25, 0.3) is 21.8 Å². The van der Waals surface area contributed by atoms with Crippen molar-refractivity contribution >= 4 is 52.1 Å². The van der Waals surface area contributed by atoms with Gasteiger partial charge in [-0.2, -0.15) is 0 Å². The number of fused-ring (bicyclic) bond motifs is 2. The average Bonchev–Trinajstić information content (AvgIpc) is 3.49. The van der Waals surface area contributed by atoms with Crippen LogP contribution in [-0.4, -0.2) is 78.6 Å². The predicted molar refractivity (Wildman–Crippen MR) is 203 cm³/mol. The van der Waals surface area contributed by atoms with Crippen LogP contribution in [0.5, 0.6) is 0 Å². The maximum atomic E-state index is 11.8. The Kier molecular flexibility index (Phi) is 15.2. The quantitative estimate of drug-likeness (QED) is 0.0882. The highest BCUT2D eigenvalue weighted by Crippen LogP contribution is 2.23. The molecule has 0 aliphatic rings. The number of hydrogen-bond acceptors (Lipinski definition) is 10. The first kappa shape index (κ1) is 44.6. The number of aryl methyl sites for hydroxylation is 2. The van der Waals surface area contributed by atoms with Gasteiger partial charge in [-0.05, 0) is 85.6 Å². The van der Waals surface area contributed by atoms with E-state index in [1.54, 1.807) is 62.3 Å². The van der Waals surface area contributed by atoms with Gasteiger partial charge in [0.1, 0.15) is 28.9 Å². The molecule has 2 atom stereocenters. The molecule has 54 heavy (non-hydrogen) atoms. The number of carbonyl (C=O) groups excluding carboxylic acids is 3. The van der Waals surface area contributed by atoms with E-state index < -0.39 is 59.2 Å². The first-order chi connectivity index (χ1) is 24.8. The van der Waals surface area contributed by atoms with Gasteiger partial charge in [0.2, 0.25) is 0 Å². The van der Waals surface area contributed by atoms with E-state index >= 15 is 0 Å². The number of nitrogens with one attached hydrogen (secondary N) is 1. The minimum Gasteiger partial charge on any atom is -0.480 e. The van der Waals surface area contributed by atoms with E-state index in [0.717, 1.165) is 32.9 Å². The summed E-state index contributed by atoms with van der Waals surface area (Å²) in [5.41, 5.74) is 7.43. The topological polar surface area (TPSA) is 211 Å². The zero-order valence-electron chi connectivity index (χ0n) is 32.9. The van der Waals surface area contributed by atoms with E-state index in [2.05, 4.69) is 10.1 Å². The number of amides is 1. The van der Waals surface area contributed by atoms with E-state index in [4.69, 9.17) is 25.1 Å². The van der Waals surface area contributed by atoms with Crippen molar-refractivity contribution in [1.29, 1.82) is 0 Å². The van der Waals surface area contributed by atoms with Gasteiger partial charge in [0.25, 0.3) is 0 Å². The molecule has 0 aliphatic carbocycles. The summed E-state index contributed by atoms with van der Waals surface area (Å²) in [6.45, 7) is 15.2. The number of carboxylic acid groups (broad SMARTS) is 2. The van der Waals surface area contributed by atoms with Crippen LogP contribution in [0, 0.1) is 0 Å². The Bertz CT molecular complexity index is 1900. The Labute approximate surface area is 315 Å². The Morgan fingerprint density at radius 2 is 1.04 bits per heavy atom. The summed E-state index contributed by atoms with van der Waals surface area (Å²) in [6, 6.07) is 13.8. The smallest absolute Gasteiger partial charge is 0.480 e. The van der Waals surface area contributed by atoms with Crippen molar-refractivity contribution in [3.8, 4) is 0 Å². The molecule has 0 unspecified atom stereocenters. The molecular formula is C39H54N4O11. The highest BCUT2D eigenvalue weighted by molar-refractivity contribution is 5.87. The Hall–Kier alpha value is -5.57. The van der Waals surface area contributed by atoms with Gasteiger partial charge < -0.3 is 49.3 Å². The standard InChI is InChI=1S/C17H22N2O4.C12H14N2O2.C10H18O5/c1-17(2,3)23-16(22)18-13(15(20)21)9-11-10-19(4)14-8-6-5-7-12(11)14;1-14-7-8(6-10(13)12(15)16)9-4-2-3-5-11(9)14;1-9(2,3)14-7(11)13-8(12)15-10(4,5)6/h5-8,10,13H,9H2,1-4H3,(H,18,22)(H,20,21);2-5,7,10H,6,13H2,1H3,(H,15,16);1-6H3/t13-;10-;/m11./s1. The van der Waals surface area contributed by atoms with Crippen molar-refractivity contribution in [3.05, 3.63) is 72.1 Å².